The number of alkyl halides is 3. The van der Waals surface area contributed by atoms with E-state index in [1.807, 2.05) is 0 Å². The monoisotopic (exact) mass is 292 g/mol. The number of amides is 1. The van der Waals surface area contributed by atoms with Gasteiger partial charge in [-0.05, 0) is 0 Å². The molecule has 0 spiro atoms. The summed E-state index contributed by atoms with van der Waals surface area (Å²) in [5.41, 5.74) is 5.87. The predicted molar refractivity (Wildman–Crippen MR) is 62.7 cm³/mol. The maximum Gasteiger partial charge on any atom is 0.449 e. The molecule has 0 saturated heterocycles. The number of nitrogens with zero attached hydrogens (tertiary/aromatic N) is 2. The molecule has 2 heterocycles. The van der Waals surface area contributed by atoms with Crippen LogP contribution in [0.5, 0.6) is 0 Å². The molecule has 0 unspecified atom stereocenters. The summed E-state index contributed by atoms with van der Waals surface area (Å²) < 4.78 is 44.9. The van der Waals surface area contributed by atoms with Gasteiger partial charge >= 0.3 is 6.18 Å². The van der Waals surface area contributed by atoms with Crippen molar-refractivity contribution in [3.63, 3.8) is 0 Å². The molecule has 1 aliphatic heterocycles. The van der Waals surface area contributed by atoms with Crippen molar-refractivity contribution >= 4 is 5.91 Å². The molecule has 20 heavy (non-hydrogen) atoms. The fourth-order valence-electron chi connectivity index (χ4n) is 2.16. The molecule has 0 radical (unpaired) electrons. The first-order valence-electron chi connectivity index (χ1n) is 6.12. The number of ether oxygens (including phenoxy) is 1. The molecule has 6 nitrogen and oxygen atoms in total. The Hall–Kier alpha value is -1.61. The lowest BCUT2D eigenvalue weighted by Crippen LogP contribution is -2.26. The number of aromatic nitrogens is 2. The molecule has 9 heteroatoms. The lowest BCUT2D eigenvalue weighted by molar-refractivity contribution is -0.147. The summed E-state index contributed by atoms with van der Waals surface area (Å²) in [6.07, 6.45) is -4.03. The van der Waals surface area contributed by atoms with Crippen molar-refractivity contribution in [2.45, 2.75) is 25.7 Å². The molecule has 0 bridgehead atoms. The number of hydrogen-bond donors (Lipinski definition) is 2. The molecule has 1 aromatic heterocycles. The van der Waals surface area contributed by atoms with Gasteiger partial charge in [0, 0.05) is 31.7 Å². The summed E-state index contributed by atoms with van der Waals surface area (Å²) in [6.45, 7) is 0.595. The third kappa shape index (κ3) is 3.28. The SMILES string of the molecule is NC(=O)COCCn1c(C(F)(F)F)nc2c1CCNC2. The Morgan fingerprint density at radius 1 is 1.50 bits per heavy atom. The maximum absolute atomic E-state index is 13.0. The summed E-state index contributed by atoms with van der Waals surface area (Å²) in [5, 5.41) is 2.98. The molecular weight excluding hydrogens is 277 g/mol. The van der Waals surface area contributed by atoms with Gasteiger partial charge in [0.2, 0.25) is 11.7 Å². The molecular formula is C11H15F3N4O2. The number of carbonyl (C=O) groups excluding carboxylic acids is 1. The average Bonchev–Trinajstić information content (AvgIpc) is 2.73. The first-order chi connectivity index (χ1) is 9.39. The molecule has 1 amide bonds. The Morgan fingerprint density at radius 3 is 2.90 bits per heavy atom. The number of imidazole rings is 1. The van der Waals surface area contributed by atoms with Gasteiger partial charge < -0.3 is 20.4 Å². The Balaban J connectivity index is 2.16. The lowest BCUT2D eigenvalue weighted by atomic mass is 10.2. The smallest absolute Gasteiger partial charge is 0.370 e. The third-order valence-electron chi connectivity index (χ3n) is 2.94. The van der Waals surface area contributed by atoms with E-state index in [9.17, 15) is 18.0 Å². The Morgan fingerprint density at radius 2 is 2.25 bits per heavy atom. The van der Waals surface area contributed by atoms with Gasteiger partial charge in [0.25, 0.3) is 0 Å². The van der Waals surface area contributed by atoms with Crippen LogP contribution in [-0.4, -0.2) is 35.2 Å². The van der Waals surface area contributed by atoms with Crippen molar-refractivity contribution in [1.82, 2.24) is 14.9 Å². The van der Waals surface area contributed by atoms with Crippen molar-refractivity contribution in [2.75, 3.05) is 19.8 Å². The first-order valence-corrected chi connectivity index (χ1v) is 6.12. The quantitative estimate of drug-likeness (QED) is 0.751. The summed E-state index contributed by atoms with van der Waals surface area (Å²) in [4.78, 5) is 14.2. The number of carbonyl (C=O) groups is 1. The molecule has 1 aliphatic rings. The number of primary amides is 1. The van der Waals surface area contributed by atoms with Crippen LogP contribution in [0.3, 0.4) is 0 Å². The zero-order valence-corrected chi connectivity index (χ0v) is 10.7. The van der Waals surface area contributed by atoms with E-state index < -0.39 is 17.9 Å². The number of nitrogens with one attached hydrogen (secondary N) is 1. The molecule has 1 aromatic rings. The number of hydrogen-bond acceptors (Lipinski definition) is 4. The number of fused-ring (bicyclic) bond motifs is 1. The van der Waals surface area contributed by atoms with Gasteiger partial charge in [-0.15, -0.1) is 0 Å². The van der Waals surface area contributed by atoms with E-state index >= 15 is 0 Å². The number of halogens is 3. The molecule has 0 saturated carbocycles. The van der Waals surface area contributed by atoms with E-state index in [1.54, 1.807) is 0 Å². The van der Waals surface area contributed by atoms with Gasteiger partial charge in [-0.3, -0.25) is 4.79 Å². The third-order valence-corrected chi connectivity index (χ3v) is 2.94. The maximum atomic E-state index is 13.0. The number of nitrogens with two attached hydrogens (primary N) is 1. The highest BCUT2D eigenvalue weighted by atomic mass is 19.4. The standard InChI is InChI=1S/C11H15F3N4O2/c12-11(13,14)10-17-7-5-16-2-1-8(7)18(10)3-4-20-6-9(15)19/h16H,1-6H2,(H2,15,19). The van der Waals surface area contributed by atoms with Gasteiger partial charge in [-0.25, -0.2) is 4.98 Å². The van der Waals surface area contributed by atoms with Crippen LogP contribution in [0.4, 0.5) is 13.2 Å². The van der Waals surface area contributed by atoms with E-state index in [1.165, 1.54) is 0 Å². The largest absolute Gasteiger partial charge is 0.449 e. The highest BCUT2D eigenvalue weighted by Crippen LogP contribution is 2.31. The van der Waals surface area contributed by atoms with E-state index in [-0.39, 0.29) is 19.8 Å². The summed E-state index contributed by atoms with van der Waals surface area (Å²) in [6, 6.07) is 0. The van der Waals surface area contributed by atoms with Crippen LogP contribution in [0.15, 0.2) is 0 Å². The van der Waals surface area contributed by atoms with Gasteiger partial charge in [-0.2, -0.15) is 13.2 Å². The second-order valence-corrected chi connectivity index (χ2v) is 4.42. The molecule has 0 atom stereocenters. The second-order valence-electron chi connectivity index (χ2n) is 4.42. The van der Waals surface area contributed by atoms with Crippen LogP contribution in [0.2, 0.25) is 0 Å². The summed E-state index contributed by atoms with van der Waals surface area (Å²) in [5.74, 6) is -1.58. The lowest BCUT2D eigenvalue weighted by Gasteiger charge is -2.16. The van der Waals surface area contributed by atoms with Crippen molar-refractivity contribution < 1.29 is 22.7 Å². The van der Waals surface area contributed by atoms with Crippen LogP contribution in [0, 0.1) is 0 Å². The van der Waals surface area contributed by atoms with E-state index in [2.05, 4.69) is 10.3 Å². The van der Waals surface area contributed by atoms with E-state index in [0.717, 1.165) is 4.57 Å². The van der Waals surface area contributed by atoms with Crippen LogP contribution >= 0.6 is 0 Å². The Labute approximate surface area is 113 Å². The van der Waals surface area contributed by atoms with E-state index in [4.69, 9.17) is 10.5 Å². The zero-order valence-electron chi connectivity index (χ0n) is 10.7. The molecule has 0 aliphatic carbocycles. The van der Waals surface area contributed by atoms with Crippen LogP contribution in [-0.2, 0) is 35.2 Å². The van der Waals surface area contributed by atoms with Gasteiger partial charge in [0.1, 0.15) is 6.61 Å². The van der Waals surface area contributed by atoms with Crippen molar-refractivity contribution in [1.29, 1.82) is 0 Å². The molecule has 3 N–H and O–H groups in total. The Kier molecular flexibility index (Phi) is 4.29. The molecule has 0 fully saturated rings. The zero-order chi connectivity index (χ0) is 14.8. The second kappa shape index (κ2) is 5.80. The molecule has 2 rings (SSSR count). The topological polar surface area (TPSA) is 82.2 Å². The van der Waals surface area contributed by atoms with Gasteiger partial charge in [0.15, 0.2) is 0 Å². The highest BCUT2D eigenvalue weighted by molar-refractivity contribution is 5.74. The van der Waals surface area contributed by atoms with Crippen molar-refractivity contribution in [3.05, 3.63) is 17.2 Å². The van der Waals surface area contributed by atoms with Crippen molar-refractivity contribution in [3.8, 4) is 0 Å². The molecule has 112 valence electrons. The number of rotatable bonds is 5. The normalized spacial score (nSPS) is 15.2. The van der Waals surface area contributed by atoms with Crippen molar-refractivity contribution in [2.24, 2.45) is 5.73 Å². The highest BCUT2D eigenvalue weighted by Gasteiger charge is 2.39. The first kappa shape index (κ1) is 14.8. The average molecular weight is 292 g/mol. The van der Waals surface area contributed by atoms with Gasteiger partial charge in [-0.1, -0.05) is 0 Å². The Bertz CT molecular complexity index is 499. The molecule has 0 aromatic carbocycles. The minimum Gasteiger partial charge on any atom is -0.370 e. The minimum atomic E-state index is -4.51. The van der Waals surface area contributed by atoms with Gasteiger partial charge in [0.05, 0.1) is 12.3 Å². The van der Waals surface area contributed by atoms with E-state index in [0.29, 0.717) is 30.9 Å². The van der Waals surface area contributed by atoms with Crippen LogP contribution < -0.4 is 11.1 Å². The fraction of sp³-hybridized carbons (Fsp3) is 0.636. The van der Waals surface area contributed by atoms with Crippen LogP contribution in [0.25, 0.3) is 0 Å². The minimum absolute atomic E-state index is 0.00947. The summed E-state index contributed by atoms with van der Waals surface area (Å²) in [7, 11) is 0. The fourth-order valence-corrected chi connectivity index (χ4v) is 2.16. The van der Waals surface area contributed by atoms with Crippen LogP contribution in [0.1, 0.15) is 17.2 Å². The predicted octanol–water partition coefficient (Wildman–Crippen LogP) is 0.0495. The summed E-state index contributed by atoms with van der Waals surface area (Å²) >= 11 is 0.